The molecule has 0 N–H and O–H groups in total. The molecule has 0 saturated carbocycles. The molecule has 0 aliphatic rings. The number of ether oxygens (including phenoxy) is 1. The van der Waals surface area contributed by atoms with Gasteiger partial charge in [-0.3, -0.25) is 14.7 Å². The number of rotatable bonds is 6. The lowest BCUT2D eigenvalue weighted by Crippen LogP contribution is -2.31. The molecule has 31 heavy (non-hydrogen) atoms. The summed E-state index contributed by atoms with van der Waals surface area (Å²) in [6.45, 7) is 0.148. The first-order chi connectivity index (χ1) is 14.9. The van der Waals surface area contributed by atoms with Crippen LogP contribution in [0.25, 0.3) is 10.2 Å². The molecule has 0 aliphatic carbocycles. The monoisotopic (exact) mass is 453 g/mol. The zero-order valence-electron chi connectivity index (χ0n) is 16.8. The SMILES string of the molecule is COc1ccc2nc(N(Cc3ccccn3)C(=O)c3ccccc3S(C)(=O)=O)sc2c1. The Morgan fingerprint density at radius 3 is 2.58 bits per heavy atom. The second-order valence-electron chi connectivity index (χ2n) is 6.81. The van der Waals surface area contributed by atoms with E-state index in [4.69, 9.17) is 4.74 Å². The van der Waals surface area contributed by atoms with E-state index in [9.17, 15) is 13.2 Å². The van der Waals surface area contributed by atoms with Crippen molar-refractivity contribution >= 4 is 42.4 Å². The van der Waals surface area contributed by atoms with Crippen LogP contribution < -0.4 is 9.64 Å². The number of anilines is 1. The predicted molar refractivity (Wildman–Crippen MR) is 120 cm³/mol. The van der Waals surface area contributed by atoms with E-state index in [-0.39, 0.29) is 17.0 Å². The number of hydrogen-bond acceptors (Lipinski definition) is 7. The number of aromatic nitrogens is 2. The van der Waals surface area contributed by atoms with Gasteiger partial charge in [-0.2, -0.15) is 0 Å². The van der Waals surface area contributed by atoms with E-state index in [2.05, 4.69) is 9.97 Å². The van der Waals surface area contributed by atoms with Gasteiger partial charge in [0.1, 0.15) is 5.75 Å². The first-order valence-electron chi connectivity index (χ1n) is 9.32. The maximum atomic E-state index is 13.6. The number of carbonyl (C=O) groups is 1. The van der Waals surface area contributed by atoms with Gasteiger partial charge in [0.2, 0.25) is 0 Å². The number of pyridine rings is 1. The molecule has 1 amide bonds. The van der Waals surface area contributed by atoms with Crippen LogP contribution in [0.1, 0.15) is 16.1 Å². The van der Waals surface area contributed by atoms with Gasteiger partial charge in [-0.05, 0) is 42.5 Å². The Hall–Kier alpha value is -3.30. The number of carbonyl (C=O) groups excluding carboxylic acids is 1. The number of sulfone groups is 1. The average molecular weight is 454 g/mol. The quantitative estimate of drug-likeness (QED) is 0.439. The molecule has 0 bridgehead atoms. The maximum Gasteiger partial charge on any atom is 0.261 e. The molecule has 9 heteroatoms. The molecule has 0 saturated heterocycles. The van der Waals surface area contributed by atoms with E-state index in [0.29, 0.717) is 16.6 Å². The minimum absolute atomic E-state index is 0.0196. The fourth-order valence-electron chi connectivity index (χ4n) is 3.13. The number of nitrogens with zero attached hydrogens (tertiary/aromatic N) is 3. The molecule has 2 aromatic heterocycles. The molecule has 0 aliphatic heterocycles. The Balaban J connectivity index is 1.83. The molecule has 0 atom stereocenters. The lowest BCUT2D eigenvalue weighted by molar-refractivity contribution is 0.0981. The van der Waals surface area contributed by atoms with Gasteiger partial charge in [-0.25, -0.2) is 13.4 Å². The molecule has 4 aromatic rings. The van der Waals surface area contributed by atoms with Crippen molar-refractivity contribution in [1.29, 1.82) is 0 Å². The summed E-state index contributed by atoms with van der Waals surface area (Å²) >= 11 is 1.33. The molecule has 0 radical (unpaired) electrons. The minimum atomic E-state index is -3.60. The topological polar surface area (TPSA) is 89.5 Å². The highest BCUT2D eigenvalue weighted by Crippen LogP contribution is 2.33. The van der Waals surface area contributed by atoms with Crippen LogP contribution >= 0.6 is 11.3 Å². The third kappa shape index (κ3) is 4.42. The Bertz CT molecular complexity index is 1350. The van der Waals surface area contributed by atoms with Crippen LogP contribution in [0.5, 0.6) is 5.75 Å². The molecule has 4 rings (SSSR count). The van der Waals surface area contributed by atoms with E-state index in [1.807, 2.05) is 18.2 Å². The summed E-state index contributed by atoms with van der Waals surface area (Å²) in [4.78, 5) is 24.0. The van der Waals surface area contributed by atoms with Gasteiger partial charge < -0.3 is 4.74 Å². The number of thiazole rings is 1. The van der Waals surface area contributed by atoms with Crippen molar-refractivity contribution in [2.45, 2.75) is 11.4 Å². The molecular weight excluding hydrogens is 434 g/mol. The van der Waals surface area contributed by atoms with E-state index >= 15 is 0 Å². The third-order valence-corrected chi connectivity index (χ3v) is 6.82. The van der Waals surface area contributed by atoms with Crippen LogP contribution in [0.15, 0.2) is 71.8 Å². The smallest absolute Gasteiger partial charge is 0.261 e. The molecule has 2 heterocycles. The summed E-state index contributed by atoms with van der Waals surface area (Å²) in [6, 6.07) is 17.1. The van der Waals surface area contributed by atoms with Crippen molar-refractivity contribution in [1.82, 2.24) is 9.97 Å². The summed E-state index contributed by atoms with van der Waals surface area (Å²) in [7, 11) is -2.01. The highest BCUT2D eigenvalue weighted by atomic mass is 32.2. The molecule has 158 valence electrons. The van der Waals surface area contributed by atoms with Crippen LogP contribution in [0.3, 0.4) is 0 Å². The lowest BCUT2D eigenvalue weighted by atomic mass is 10.2. The minimum Gasteiger partial charge on any atom is -0.497 e. The summed E-state index contributed by atoms with van der Waals surface area (Å²) in [5.41, 5.74) is 1.47. The van der Waals surface area contributed by atoms with Crippen molar-refractivity contribution in [2.75, 3.05) is 18.3 Å². The number of benzene rings is 2. The first-order valence-corrected chi connectivity index (χ1v) is 12.0. The van der Waals surface area contributed by atoms with E-state index in [1.54, 1.807) is 43.6 Å². The third-order valence-electron chi connectivity index (χ3n) is 4.62. The number of fused-ring (bicyclic) bond motifs is 1. The lowest BCUT2D eigenvalue weighted by Gasteiger charge is -2.20. The Morgan fingerprint density at radius 2 is 1.87 bits per heavy atom. The molecule has 0 spiro atoms. The van der Waals surface area contributed by atoms with Gasteiger partial charge in [0.25, 0.3) is 5.91 Å². The van der Waals surface area contributed by atoms with Gasteiger partial charge in [0.15, 0.2) is 15.0 Å². The van der Waals surface area contributed by atoms with Crippen LogP contribution in [-0.2, 0) is 16.4 Å². The highest BCUT2D eigenvalue weighted by molar-refractivity contribution is 7.90. The van der Waals surface area contributed by atoms with Crippen LogP contribution in [0.4, 0.5) is 5.13 Å². The van der Waals surface area contributed by atoms with E-state index < -0.39 is 15.7 Å². The average Bonchev–Trinajstić information content (AvgIpc) is 3.20. The predicted octanol–water partition coefficient (Wildman–Crippen LogP) is 3.95. The first kappa shape index (κ1) is 21.0. The second-order valence-corrected chi connectivity index (χ2v) is 9.80. The molecule has 0 unspecified atom stereocenters. The standard InChI is InChI=1S/C22H19N3O4S2/c1-29-16-10-11-18-19(13-16)30-22(24-18)25(14-15-7-5-6-12-23-15)21(26)17-8-3-4-9-20(17)31(2,27)28/h3-13H,14H2,1-2H3. The summed E-state index contributed by atoms with van der Waals surface area (Å²) < 4.78 is 30.7. The van der Waals surface area contributed by atoms with Crippen molar-refractivity contribution in [3.8, 4) is 5.75 Å². The Morgan fingerprint density at radius 1 is 1.10 bits per heavy atom. The zero-order chi connectivity index (χ0) is 22.0. The Labute approximate surface area is 183 Å². The highest BCUT2D eigenvalue weighted by Gasteiger charge is 2.26. The largest absolute Gasteiger partial charge is 0.497 e. The van der Waals surface area contributed by atoms with Gasteiger partial charge in [0, 0.05) is 12.5 Å². The van der Waals surface area contributed by atoms with Crippen LogP contribution in [0.2, 0.25) is 0 Å². The van der Waals surface area contributed by atoms with E-state index in [0.717, 1.165) is 16.5 Å². The van der Waals surface area contributed by atoms with Crippen molar-refractivity contribution in [3.63, 3.8) is 0 Å². The van der Waals surface area contributed by atoms with Gasteiger partial charge in [-0.15, -0.1) is 0 Å². The van der Waals surface area contributed by atoms with Crippen LogP contribution in [0, 0.1) is 0 Å². The van der Waals surface area contributed by atoms with Gasteiger partial charge in [0.05, 0.1) is 40.0 Å². The van der Waals surface area contributed by atoms with Gasteiger partial charge >= 0.3 is 0 Å². The molecular formula is C22H19N3O4S2. The number of amides is 1. The summed E-state index contributed by atoms with van der Waals surface area (Å²) in [5.74, 6) is 0.227. The fourth-order valence-corrected chi connectivity index (χ4v) is 5.00. The molecule has 0 fully saturated rings. The number of methoxy groups -OCH3 is 1. The normalized spacial score (nSPS) is 11.4. The van der Waals surface area contributed by atoms with Crippen molar-refractivity contribution < 1.29 is 17.9 Å². The second kappa shape index (κ2) is 8.44. The number of hydrogen-bond donors (Lipinski definition) is 0. The molecule has 7 nitrogen and oxygen atoms in total. The summed E-state index contributed by atoms with van der Waals surface area (Å²) in [5, 5.41) is 0.446. The summed E-state index contributed by atoms with van der Waals surface area (Å²) in [6.07, 6.45) is 2.73. The van der Waals surface area contributed by atoms with Crippen LogP contribution in [-0.4, -0.2) is 37.7 Å². The van der Waals surface area contributed by atoms with E-state index in [1.165, 1.54) is 28.4 Å². The van der Waals surface area contributed by atoms with Crippen molar-refractivity contribution in [3.05, 3.63) is 78.1 Å². The maximum absolute atomic E-state index is 13.6. The molecule has 2 aromatic carbocycles. The van der Waals surface area contributed by atoms with Crippen molar-refractivity contribution in [2.24, 2.45) is 0 Å². The van der Waals surface area contributed by atoms with Gasteiger partial charge in [-0.1, -0.05) is 29.5 Å². The zero-order valence-corrected chi connectivity index (χ0v) is 18.5. The Kier molecular flexibility index (Phi) is 5.71. The fraction of sp³-hybridized carbons (Fsp3) is 0.136.